The SMILES string of the molecule is Cc1ccc(S(=O)(=O)NCCC(=O)Nc2ccc(Cl)c([N+](=O)[O-])c2)cc1. The lowest BCUT2D eigenvalue weighted by Crippen LogP contribution is -2.27. The Labute approximate surface area is 155 Å². The molecule has 0 saturated carbocycles. The number of hydrogen-bond acceptors (Lipinski definition) is 5. The Morgan fingerprint density at radius 3 is 2.46 bits per heavy atom. The number of amides is 1. The van der Waals surface area contributed by atoms with Crippen molar-refractivity contribution in [2.24, 2.45) is 0 Å². The molecule has 0 bridgehead atoms. The van der Waals surface area contributed by atoms with Gasteiger partial charge in [0.1, 0.15) is 5.02 Å². The number of aryl methyl sites for hydroxylation is 1. The Hall–Kier alpha value is -2.49. The minimum atomic E-state index is -3.71. The molecule has 2 aromatic rings. The van der Waals surface area contributed by atoms with Gasteiger partial charge in [-0.15, -0.1) is 0 Å². The molecule has 0 spiro atoms. The summed E-state index contributed by atoms with van der Waals surface area (Å²) in [6, 6.07) is 10.2. The third kappa shape index (κ3) is 5.25. The molecule has 10 heteroatoms. The van der Waals surface area contributed by atoms with Gasteiger partial charge in [0, 0.05) is 24.7 Å². The van der Waals surface area contributed by atoms with Crippen LogP contribution in [0.15, 0.2) is 47.4 Å². The molecule has 8 nitrogen and oxygen atoms in total. The molecule has 0 saturated heterocycles. The van der Waals surface area contributed by atoms with Crippen LogP contribution in [0, 0.1) is 17.0 Å². The maximum Gasteiger partial charge on any atom is 0.289 e. The van der Waals surface area contributed by atoms with Crippen molar-refractivity contribution >= 4 is 38.9 Å². The van der Waals surface area contributed by atoms with E-state index in [1.165, 1.54) is 24.3 Å². The summed E-state index contributed by atoms with van der Waals surface area (Å²) in [4.78, 5) is 22.2. The minimum absolute atomic E-state index is 0.0427. The van der Waals surface area contributed by atoms with E-state index in [9.17, 15) is 23.3 Å². The number of benzene rings is 2. The molecule has 0 aromatic heterocycles. The van der Waals surface area contributed by atoms with E-state index < -0.39 is 20.9 Å². The maximum atomic E-state index is 12.1. The highest BCUT2D eigenvalue weighted by Crippen LogP contribution is 2.27. The summed E-state index contributed by atoms with van der Waals surface area (Å²) in [5.41, 5.74) is 0.803. The van der Waals surface area contributed by atoms with Crippen LogP contribution in [0.25, 0.3) is 0 Å². The molecule has 0 aliphatic carbocycles. The van der Waals surface area contributed by atoms with Gasteiger partial charge in [-0.1, -0.05) is 29.3 Å². The van der Waals surface area contributed by atoms with E-state index in [1.807, 2.05) is 6.92 Å². The highest BCUT2D eigenvalue weighted by molar-refractivity contribution is 7.89. The molecule has 2 rings (SSSR count). The normalized spacial score (nSPS) is 11.2. The second kappa shape index (κ2) is 8.26. The van der Waals surface area contributed by atoms with E-state index in [4.69, 9.17) is 11.6 Å². The number of sulfonamides is 1. The number of rotatable bonds is 7. The zero-order valence-corrected chi connectivity index (χ0v) is 15.3. The van der Waals surface area contributed by atoms with Gasteiger partial charge in [-0.25, -0.2) is 13.1 Å². The van der Waals surface area contributed by atoms with Gasteiger partial charge in [0.25, 0.3) is 5.69 Å². The van der Waals surface area contributed by atoms with E-state index in [0.29, 0.717) is 0 Å². The molecule has 0 unspecified atom stereocenters. The van der Waals surface area contributed by atoms with Crippen LogP contribution in [0.2, 0.25) is 5.02 Å². The van der Waals surface area contributed by atoms with Gasteiger partial charge in [-0.05, 0) is 31.2 Å². The Morgan fingerprint density at radius 2 is 1.85 bits per heavy atom. The molecule has 0 fully saturated rings. The molecule has 138 valence electrons. The van der Waals surface area contributed by atoms with Gasteiger partial charge < -0.3 is 5.32 Å². The molecule has 2 aromatic carbocycles. The fraction of sp³-hybridized carbons (Fsp3) is 0.188. The first-order valence-electron chi connectivity index (χ1n) is 7.49. The van der Waals surface area contributed by atoms with Crippen LogP contribution in [-0.2, 0) is 14.8 Å². The number of halogens is 1. The number of nitrogens with zero attached hydrogens (tertiary/aromatic N) is 1. The van der Waals surface area contributed by atoms with Crippen LogP contribution >= 0.6 is 11.6 Å². The van der Waals surface area contributed by atoms with Crippen molar-refractivity contribution in [2.75, 3.05) is 11.9 Å². The Bertz CT molecular complexity index is 929. The van der Waals surface area contributed by atoms with Crippen molar-refractivity contribution in [3.8, 4) is 0 Å². The number of carbonyl (C=O) groups excluding carboxylic acids is 1. The second-order valence-corrected chi connectivity index (χ2v) is 7.61. The topological polar surface area (TPSA) is 118 Å². The number of nitro benzene ring substituents is 1. The largest absolute Gasteiger partial charge is 0.326 e. The number of anilines is 1. The summed E-state index contributed by atoms with van der Waals surface area (Å²) in [5.74, 6) is -0.492. The molecular weight excluding hydrogens is 382 g/mol. The fourth-order valence-electron chi connectivity index (χ4n) is 2.05. The molecule has 1 amide bonds. The highest BCUT2D eigenvalue weighted by atomic mass is 35.5. The monoisotopic (exact) mass is 397 g/mol. The van der Waals surface area contributed by atoms with E-state index >= 15 is 0 Å². The standard InChI is InChI=1S/C16H16ClN3O5S/c1-11-2-5-13(6-3-11)26(24,25)18-9-8-16(21)19-12-4-7-14(17)15(10-12)20(22)23/h2-7,10,18H,8-9H2,1H3,(H,19,21). The predicted molar refractivity (Wildman–Crippen MR) is 97.7 cm³/mol. The highest BCUT2D eigenvalue weighted by Gasteiger charge is 2.16. The first-order chi connectivity index (χ1) is 12.2. The first-order valence-corrected chi connectivity index (χ1v) is 9.35. The third-order valence-electron chi connectivity index (χ3n) is 3.40. The molecule has 0 aliphatic rings. The summed E-state index contributed by atoms with van der Waals surface area (Å²) < 4.78 is 26.5. The van der Waals surface area contributed by atoms with Crippen molar-refractivity contribution < 1.29 is 18.1 Å². The molecule has 0 atom stereocenters. The number of nitro groups is 1. The summed E-state index contributed by atoms with van der Waals surface area (Å²) in [6.07, 6.45) is -0.137. The second-order valence-electron chi connectivity index (χ2n) is 5.43. The lowest BCUT2D eigenvalue weighted by molar-refractivity contribution is -0.384. The Kier molecular flexibility index (Phi) is 6.30. The van der Waals surface area contributed by atoms with E-state index in [2.05, 4.69) is 10.0 Å². The minimum Gasteiger partial charge on any atom is -0.326 e. The molecule has 0 aliphatic heterocycles. The van der Waals surface area contributed by atoms with E-state index in [0.717, 1.165) is 11.6 Å². The predicted octanol–water partition coefficient (Wildman–Crippen LogP) is 2.86. The smallest absolute Gasteiger partial charge is 0.289 e. The van der Waals surface area contributed by atoms with Crippen molar-refractivity contribution in [3.63, 3.8) is 0 Å². The van der Waals surface area contributed by atoms with Crippen LogP contribution in [0.4, 0.5) is 11.4 Å². The number of carbonyl (C=O) groups is 1. The van der Waals surface area contributed by atoms with Crippen LogP contribution in [0.3, 0.4) is 0 Å². The molecule has 0 heterocycles. The first kappa shape index (κ1) is 19.8. The summed E-state index contributed by atoms with van der Waals surface area (Å²) in [5, 5.41) is 13.2. The lowest BCUT2D eigenvalue weighted by Gasteiger charge is -2.08. The van der Waals surface area contributed by atoms with Crippen molar-refractivity contribution in [1.82, 2.24) is 4.72 Å². The van der Waals surface area contributed by atoms with Crippen molar-refractivity contribution in [3.05, 3.63) is 63.2 Å². The van der Waals surface area contributed by atoms with Crippen LogP contribution in [0.1, 0.15) is 12.0 Å². The quantitative estimate of drug-likeness (QED) is 0.550. The van der Waals surface area contributed by atoms with E-state index in [1.54, 1.807) is 12.1 Å². The van der Waals surface area contributed by atoms with Crippen LogP contribution < -0.4 is 10.0 Å². The van der Waals surface area contributed by atoms with Crippen LogP contribution in [-0.4, -0.2) is 25.8 Å². The zero-order valence-electron chi connectivity index (χ0n) is 13.7. The lowest BCUT2D eigenvalue weighted by atomic mass is 10.2. The molecular formula is C16H16ClN3O5S. The summed E-state index contributed by atoms with van der Waals surface area (Å²) >= 11 is 5.70. The Morgan fingerprint density at radius 1 is 1.19 bits per heavy atom. The van der Waals surface area contributed by atoms with Crippen LogP contribution in [0.5, 0.6) is 0 Å². The number of nitrogens with one attached hydrogen (secondary N) is 2. The van der Waals surface area contributed by atoms with Gasteiger partial charge in [-0.3, -0.25) is 14.9 Å². The molecule has 0 radical (unpaired) electrons. The third-order valence-corrected chi connectivity index (χ3v) is 5.20. The molecule has 26 heavy (non-hydrogen) atoms. The van der Waals surface area contributed by atoms with Crippen molar-refractivity contribution in [1.29, 1.82) is 0 Å². The van der Waals surface area contributed by atoms with Crippen molar-refractivity contribution in [2.45, 2.75) is 18.2 Å². The fourth-order valence-corrected chi connectivity index (χ4v) is 3.27. The number of hydrogen-bond donors (Lipinski definition) is 2. The summed E-state index contributed by atoms with van der Waals surface area (Å²) in [6.45, 7) is 1.73. The van der Waals surface area contributed by atoms with Gasteiger partial charge in [-0.2, -0.15) is 0 Å². The van der Waals surface area contributed by atoms with Gasteiger partial charge >= 0.3 is 0 Å². The van der Waals surface area contributed by atoms with Gasteiger partial charge in [0.2, 0.25) is 15.9 Å². The van der Waals surface area contributed by atoms with Gasteiger partial charge in [0.15, 0.2) is 0 Å². The van der Waals surface area contributed by atoms with E-state index in [-0.39, 0.29) is 34.3 Å². The van der Waals surface area contributed by atoms with Gasteiger partial charge in [0.05, 0.1) is 9.82 Å². The zero-order chi connectivity index (χ0) is 19.3. The average Bonchev–Trinajstić information content (AvgIpc) is 2.56. The average molecular weight is 398 g/mol. The maximum absolute atomic E-state index is 12.1. The Balaban J connectivity index is 1.92. The molecule has 2 N–H and O–H groups in total. The summed E-state index contributed by atoms with van der Waals surface area (Å²) in [7, 11) is -3.71.